The summed E-state index contributed by atoms with van der Waals surface area (Å²) < 4.78 is 21.3. The van der Waals surface area contributed by atoms with Crippen LogP contribution in [-0.2, 0) is 14.3 Å². The minimum atomic E-state index is -0.751. The molecule has 0 saturated carbocycles. The molecule has 4 aromatic rings. The average molecular weight is 590 g/mol. The molecule has 0 aliphatic rings. The third kappa shape index (κ3) is 5.49. The SMILES string of the molecule is COC(=O)c1sc(NC(=O)COc2c(-c3ccccc3Cl)oc3cc(C)c(Cl)cc3c2=O)c(C(=O)OC)c1C. The normalized spacial score (nSPS) is 10.8. The fraction of sp³-hybridized carbons (Fsp3) is 0.185. The molecule has 12 heteroatoms. The summed E-state index contributed by atoms with van der Waals surface area (Å²) in [6.45, 7) is 2.66. The number of nitrogens with one attached hydrogen (secondary N) is 1. The molecular formula is C27H21Cl2NO8S. The van der Waals surface area contributed by atoms with Gasteiger partial charge in [0, 0.05) is 10.6 Å². The van der Waals surface area contributed by atoms with E-state index in [-0.39, 0.29) is 37.9 Å². The molecule has 9 nitrogen and oxygen atoms in total. The second-order valence-corrected chi connectivity index (χ2v) is 10.1. The Morgan fingerprint density at radius 3 is 2.36 bits per heavy atom. The highest BCUT2D eigenvalue weighted by Gasteiger charge is 2.27. The van der Waals surface area contributed by atoms with Crippen LogP contribution in [0.15, 0.2) is 45.6 Å². The molecule has 2 heterocycles. The van der Waals surface area contributed by atoms with Crippen molar-refractivity contribution in [3.8, 4) is 17.1 Å². The lowest BCUT2D eigenvalue weighted by molar-refractivity contribution is -0.118. The van der Waals surface area contributed by atoms with E-state index < -0.39 is 29.9 Å². The van der Waals surface area contributed by atoms with Gasteiger partial charge in [-0.2, -0.15) is 0 Å². The van der Waals surface area contributed by atoms with Crippen LogP contribution in [-0.4, -0.2) is 38.7 Å². The van der Waals surface area contributed by atoms with E-state index >= 15 is 0 Å². The molecular weight excluding hydrogens is 569 g/mol. The van der Waals surface area contributed by atoms with E-state index in [9.17, 15) is 19.2 Å². The van der Waals surface area contributed by atoms with Crippen LogP contribution in [0.3, 0.4) is 0 Å². The van der Waals surface area contributed by atoms with Crippen LogP contribution in [0, 0.1) is 13.8 Å². The Bertz CT molecular complexity index is 1690. The number of benzene rings is 2. The van der Waals surface area contributed by atoms with Crippen LogP contribution < -0.4 is 15.5 Å². The summed E-state index contributed by atoms with van der Waals surface area (Å²) in [6, 6.07) is 9.79. The van der Waals surface area contributed by atoms with Gasteiger partial charge in [-0.1, -0.05) is 35.3 Å². The molecule has 0 fully saturated rings. The van der Waals surface area contributed by atoms with Crippen molar-refractivity contribution in [2.45, 2.75) is 13.8 Å². The molecule has 202 valence electrons. The van der Waals surface area contributed by atoms with Crippen molar-refractivity contribution >= 4 is 68.4 Å². The van der Waals surface area contributed by atoms with E-state index in [4.69, 9.17) is 41.8 Å². The monoisotopic (exact) mass is 589 g/mol. The number of amides is 1. The number of rotatable bonds is 7. The lowest BCUT2D eigenvalue weighted by Gasteiger charge is -2.13. The van der Waals surface area contributed by atoms with Crippen LogP contribution in [0.4, 0.5) is 5.00 Å². The van der Waals surface area contributed by atoms with Gasteiger partial charge in [0.1, 0.15) is 15.5 Å². The van der Waals surface area contributed by atoms with Crippen LogP contribution in [0.25, 0.3) is 22.3 Å². The third-order valence-corrected chi connectivity index (χ3v) is 7.68. The Labute approximate surface area is 236 Å². The quantitative estimate of drug-likeness (QED) is 0.259. The van der Waals surface area contributed by atoms with E-state index in [1.807, 2.05) is 0 Å². The summed E-state index contributed by atoms with van der Waals surface area (Å²) in [6.07, 6.45) is 0. The summed E-state index contributed by atoms with van der Waals surface area (Å²) in [5.41, 5.74) is 1.08. The van der Waals surface area contributed by atoms with Crippen molar-refractivity contribution in [3.05, 3.63) is 78.2 Å². The molecule has 0 spiro atoms. The first-order valence-corrected chi connectivity index (χ1v) is 12.9. The van der Waals surface area contributed by atoms with E-state index in [2.05, 4.69) is 5.32 Å². The largest absolute Gasteiger partial charge is 0.476 e. The number of carbonyl (C=O) groups is 3. The molecule has 39 heavy (non-hydrogen) atoms. The van der Waals surface area contributed by atoms with Crippen molar-refractivity contribution in [1.29, 1.82) is 0 Å². The molecule has 4 rings (SSSR count). The first-order chi connectivity index (χ1) is 18.6. The Hall–Kier alpha value is -3.86. The van der Waals surface area contributed by atoms with Crippen molar-refractivity contribution in [2.24, 2.45) is 0 Å². The minimum Gasteiger partial charge on any atom is -0.476 e. The topological polar surface area (TPSA) is 121 Å². The predicted molar refractivity (Wildman–Crippen MR) is 149 cm³/mol. The second-order valence-electron chi connectivity index (χ2n) is 8.25. The maximum Gasteiger partial charge on any atom is 0.348 e. The highest BCUT2D eigenvalue weighted by atomic mass is 35.5. The second kappa shape index (κ2) is 11.5. The number of methoxy groups -OCH3 is 2. The minimum absolute atomic E-state index is 0.00300. The van der Waals surface area contributed by atoms with Gasteiger partial charge in [0.05, 0.1) is 30.2 Å². The van der Waals surface area contributed by atoms with Gasteiger partial charge in [-0.05, 0) is 49.2 Å². The number of esters is 2. The Kier molecular flexibility index (Phi) is 8.29. The van der Waals surface area contributed by atoms with Crippen molar-refractivity contribution in [2.75, 3.05) is 26.1 Å². The van der Waals surface area contributed by atoms with Crippen molar-refractivity contribution in [3.63, 3.8) is 0 Å². The first-order valence-electron chi connectivity index (χ1n) is 11.3. The molecule has 0 unspecified atom stereocenters. The molecule has 0 atom stereocenters. The molecule has 0 aliphatic heterocycles. The van der Waals surface area contributed by atoms with Gasteiger partial charge >= 0.3 is 11.9 Å². The number of fused-ring (bicyclic) bond motifs is 1. The van der Waals surface area contributed by atoms with Gasteiger partial charge in [0.2, 0.25) is 11.2 Å². The summed E-state index contributed by atoms with van der Waals surface area (Å²) in [4.78, 5) is 51.0. The van der Waals surface area contributed by atoms with Crippen molar-refractivity contribution in [1.82, 2.24) is 0 Å². The zero-order chi connectivity index (χ0) is 28.4. The molecule has 2 aromatic carbocycles. The fourth-order valence-corrected chi connectivity index (χ4v) is 5.30. The molecule has 1 N–H and O–H groups in total. The van der Waals surface area contributed by atoms with Gasteiger partial charge in [-0.25, -0.2) is 9.59 Å². The Morgan fingerprint density at radius 1 is 1.00 bits per heavy atom. The molecule has 1 amide bonds. The smallest absolute Gasteiger partial charge is 0.348 e. The molecule has 0 radical (unpaired) electrons. The van der Waals surface area contributed by atoms with Gasteiger partial charge < -0.3 is 23.9 Å². The Morgan fingerprint density at radius 2 is 1.69 bits per heavy atom. The summed E-state index contributed by atoms with van der Waals surface area (Å²) in [7, 11) is 2.38. The maximum atomic E-state index is 13.5. The average Bonchev–Trinajstić information content (AvgIpc) is 3.23. The first kappa shape index (κ1) is 28.2. The third-order valence-electron chi connectivity index (χ3n) is 5.76. The van der Waals surface area contributed by atoms with Gasteiger partial charge in [-0.3, -0.25) is 9.59 Å². The van der Waals surface area contributed by atoms with Gasteiger partial charge in [0.15, 0.2) is 12.4 Å². The van der Waals surface area contributed by atoms with Crippen LogP contribution in [0.5, 0.6) is 5.75 Å². The summed E-state index contributed by atoms with van der Waals surface area (Å²) in [5.74, 6) is -2.37. The van der Waals surface area contributed by atoms with Crippen molar-refractivity contribution < 1.29 is 33.0 Å². The molecule has 0 bridgehead atoms. The lowest BCUT2D eigenvalue weighted by atomic mass is 10.1. The number of hydrogen-bond acceptors (Lipinski definition) is 9. The number of ether oxygens (including phenoxy) is 3. The molecule has 0 aliphatic carbocycles. The zero-order valence-electron chi connectivity index (χ0n) is 21.1. The summed E-state index contributed by atoms with van der Waals surface area (Å²) >= 11 is 13.5. The van der Waals surface area contributed by atoms with Gasteiger partial charge in [0.25, 0.3) is 5.91 Å². The zero-order valence-corrected chi connectivity index (χ0v) is 23.4. The summed E-state index contributed by atoms with van der Waals surface area (Å²) in [5, 5.41) is 3.42. The molecule has 2 aromatic heterocycles. The van der Waals surface area contributed by atoms with E-state index in [1.165, 1.54) is 27.2 Å². The van der Waals surface area contributed by atoms with Crippen LogP contribution in [0.1, 0.15) is 31.2 Å². The van der Waals surface area contributed by atoms with Crippen LogP contribution in [0.2, 0.25) is 10.0 Å². The van der Waals surface area contributed by atoms with E-state index in [0.717, 1.165) is 11.3 Å². The standard InChI is InChI=1S/C27H21Cl2NO8S/c1-12-9-18-15(10-17(12)29)21(32)23(22(38-18)14-7-5-6-8-16(14)28)37-11-19(31)30-25-20(26(33)35-3)13(2)24(39-25)27(34)36-4/h5-10H,11H2,1-4H3,(H,30,31). The Balaban J connectivity index is 1.72. The number of thiophene rings is 1. The van der Waals surface area contributed by atoms with Gasteiger partial charge in [-0.15, -0.1) is 11.3 Å². The number of halogens is 2. The maximum absolute atomic E-state index is 13.5. The number of aryl methyl sites for hydroxylation is 1. The number of carbonyl (C=O) groups excluding carboxylic acids is 3. The highest BCUT2D eigenvalue weighted by Crippen LogP contribution is 2.37. The van der Waals surface area contributed by atoms with E-state index in [0.29, 0.717) is 26.7 Å². The number of anilines is 1. The van der Waals surface area contributed by atoms with E-state index in [1.54, 1.807) is 37.3 Å². The molecule has 0 saturated heterocycles. The lowest BCUT2D eigenvalue weighted by Crippen LogP contribution is -2.23. The van der Waals surface area contributed by atoms with Crippen LogP contribution >= 0.6 is 34.5 Å². The predicted octanol–water partition coefficient (Wildman–Crippen LogP) is 6.04. The highest BCUT2D eigenvalue weighted by molar-refractivity contribution is 7.18. The fourth-order valence-electron chi connectivity index (χ4n) is 3.79. The number of hydrogen-bond donors (Lipinski definition) is 1.